The number of carbonyl (C=O) groups excluding carboxylic acids is 2. The van der Waals surface area contributed by atoms with E-state index in [1.807, 2.05) is 5.32 Å². The van der Waals surface area contributed by atoms with Crippen LogP contribution in [0.15, 0.2) is 0 Å². The van der Waals surface area contributed by atoms with Crippen molar-refractivity contribution in [2.24, 2.45) is 0 Å². The molecule has 0 saturated heterocycles. The summed E-state index contributed by atoms with van der Waals surface area (Å²) in [6.45, 7) is 1.09. The molecule has 0 radical (unpaired) electrons. The standard InChI is InChI=1S/C5H8NO5P/c1-3(7)6-4(5(8)9)2-12(10)11/h4H,2H2,1H3,(H,6,7)(H,8,9)/p-1/t4-/m1/s1. The molecule has 0 spiro atoms. The largest absolute Gasteiger partial charge is 0.595 e. The van der Waals surface area contributed by atoms with Gasteiger partial charge < -0.3 is 20.1 Å². The molecule has 0 aliphatic carbocycles. The van der Waals surface area contributed by atoms with Crippen molar-refractivity contribution in [3.63, 3.8) is 0 Å². The maximum Gasteiger partial charge on any atom is 0.311 e. The van der Waals surface area contributed by atoms with E-state index in [1.165, 1.54) is 0 Å². The quantitative estimate of drug-likeness (QED) is 0.489. The number of aliphatic carboxylic acids is 1. The number of hydrogen-bond donors (Lipinski definition) is 1. The summed E-state index contributed by atoms with van der Waals surface area (Å²) in [4.78, 5) is 30.6. The third kappa shape index (κ3) is 4.76. The van der Waals surface area contributed by atoms with E-state index in [0.717, 1.165) is 6.92 Å². The van der Waals surface area contributed by atoms with Crippen LogP contribution in [0.2, 0.25) is 0 Å². The highest BCUT2D eigenvalue weighted by molar-refractivity contribution is 7.36. The minimum atomic E-state index is -2.84. The molecule has 68 valence electrons. The second-order valence-electron chi connectivity index (χ2n) is 2.09. The number of carbonyl (C=O) groups is 2. The van der Waals surface area contributed by atoms with Crippen molar-refractivity contribution in [2.75, 3.05) is 6.16 Å². The number of amides is 1. The molecular formula is C5H7NO5P-. The Hall–Kier alpha value is -1.00. The third-order valence-corrected chi connectivity index (χ3v) is 1.66. The fourth-order valence-corrected chi connectivity index (χ4v) is 1.11. The number of hydrogen-bond acceptors (Lipinski definition) is 5. The third-order valence-electron chi connectivity index (χ3n) is 0.994. The van der Waals surface area contributed by atoms with Gasteiger partial charge in [-0.3, -0.25) is 4.79 Å². The predicted molar refractivity (Wildman–Crippen MR) is 35.1 cm³/mol. The van der Waals surface area contributed by atoms with E-state index < -0.39 is 32.1 Å². The molecule has 0 fully saturated rings. The second kappa shape index (κ2) is 4.79. The molecule has 6 nitrogen and oxygen atoms in total. The van der Waals surface area contributed by atoms with Gasteiger partial charge in [-0.15, -0.1) is 0 Å². The fraction of sp³-hybridized carbons (Fsp3) is 0.600. The summed E-state index contributed by atoms with van der Waals surface area (Å²) in [5, 5.41) is 12.1. The molecule has 1 unspecified atom stereocenters. The fourth-order valence-electron chi connectivity index (χ4n) is 0.574. The van der Waals surface area contributed by atoms with Gasteiger partial charge in [-0.05, 0) is 0 Å². The van der Waals surface area contributed by atoms with E-state index in [0.29, 0.717) is 0 Å². The minimum absolute atomic E-state index is 0.610. The van der Waals surface area contributed by atoms with Crippen molar-refractivity contribution in [1.82, 2.24) is 5.32 Å². The molecular weight excluding hydrogens is 185 g/mol. The van der Waals surface area contributed by atoms with Crippen molar-refractivity contribution in [3.05, 3.63) is 0 Å². The maximum absolute atomic E-state index is 10.3. The molecule has 0 aromatic rings. The first-order chi connectivity index (χ1) is 5.43. The lowest BCUT2D eigenvalue weighted by atomic mass is 10.3. The maximum atomic E-state index is 10.3. The van der Waals surface area contributed by atoms with Gasteiger partial charge in [0.15, 0.2) is 6.16 Å². The van der Waals surface area contributed by atoms with Crippen molar-refractivity contribution >= 4 is 19.9 Å². The van der Waals surface area contributed by atoms with Crippen LogP contribution in [-0.2, 0) is 14.2 Å². The zero-order valence-electron chi connectivity index (χ0n) is 6.27. The van der Waals surface area contributed by atoms with Gasteiger partial charge >= 0.3 is 8.03 Å². The van der Waals surface area contributed by atoms with Crippen molar-refractivity contribution < 1.29 is 24.2 Å². The first-order valence-electron chi connectivity index (χ1n) is 3.03. The van der Waals surface area contributed by atoms with Crippen LogP contribution in [0.25, 0.3) is 0 Å². The lowest BCUT2D eigenvalue weighted by Gasteiger charge is -2.13. The molecule has 1 amide bonds. The van der Waals surface area contributed by atoms with Gasteiger partial charge in [-0.25, -0.2) is 0 Å². The normalized spacial score (nSPS) is 13.3. The first kappa shape index (κ1) is 11.0. The molecule has 7 heteroatoms. The molecule has 0 bridgehead atoms. The van der Waals surface area contributed by atoms with Gasteiger partial charge in [0.1, 0.15) is 6.04 Å². The lowest BCUT2D eigenvalue weighted by molar-refractivity contribution is -0.307. The van der Waals surface area contributed by atoms with Gasteiger partial charge in [0.05, 0.1) is 5.97 Å². The predicted octanol–water partition coefficient (Wildman–Crippen LogP) is -2.66. The summed E-state index contributed by atoms with van der Waals surface area (Å²) in [6, 6.07) is -1.45. The van der Waals surface area contributed by atoms with Crippen LogP contribution in [-0.4, -0.2) is 24.1 Å². The highest BCUT2D eigenvalue weighted by Gasteiger charge is 2.17. The van der Waals surface area contributed by atoms with Crippen molar-refractivity contribution in [3.8, 4) is 0 Å². The highest BCUT2D eigenvalue weighted by atomic mass is 31.1. The zero-order chi connectivity index (χ0) is 9.72. The van der Waals surface area contributed by atoms with Gasteiger partial charge in [0.2, 0.25) is 5.91 Å². The topological polar surface area (TPSA) is 109 Å². The molecule has 0 aliphatic rings. The Morgan fingerprint density at radius 1 is 1.58 bits per heavy atom. The van der Waals surface area contributed by atoms with Crippen LogP contribution in [0.3, 0.4) is 0 Å². The summed E-state index contributed by atoms with van der Waals surface area (Å²) < 4.78 is 10.1. The SMILES string of the molecule is CC(=O)N[C@H](C[P+](=O)[O-])C(=O)[O-]. The van der Waals surface area contributed by atoms with E-state index >= 15 is 0 Å². The molecule has 0 saturated carbocycles. The van der Waals surface area contributed by atoms with E-state index in [-0.39, 0.29) is 0 Å². The lowest BCUT2D eigenvalue weighted by Crippen LogP contribution is -2.49. The Balaban J connectivity index is 4.14. The summed E-state index contributed by atoms with van der Waals surface area (Å²) in [6.07, 6.45) is -0.642. The van der Waals surface area contributed by atoms with Crippen molar-refractivity contribution in [1.29, 1.82) is 0 Å². The van der Waals surface area contributed by atoms with Crippen LogP contribution in [0, 0.1) is 0 Å². The molecule has 2 atom stereocenters. The van der Waals surface area contributed by atoms with Crippen molar-refractivity contribution in [2.45, 2.75) is 13.0 Å². The zero-order valence-corrected chi connectivity index (χ0v) is 7.17. The van der Waals surface area contributed by atoms with Gasteiger partial charge in [-0.2, -0.15) is 0 Å². The minimum Gasteiger partial charge on any atom is -0.595 e. The average Bonchev–Trinajstić information content (AvgIpc) is 1.83. The Morgan fingerprint density at radius 3 is 2.33 bits per heavy atom. The van der Waals surface area contributed by atoms with E-state index in [9.17, 15) is 24.2 Å². The van der Waals surface area contributed by atoms with Crippen LogP contribution < -0.4 is 15.3 Å². The van der Waals surface area contributed by atoms with Gasteiger partial charge in [0, 0.05) is 6.92 Å². The first-order valence-corrected chi connectivity index (χ1v) is 4.39. The Morgan fingerprint density at radius 2 is 2.08 bits per heavy atom. The summed E-state index contributed by atoms with van der Waals surface area (Å²) >= 11 is 0. The number of rotatable bonds is 4. The van der Waals surface area contributed by atoms with Crippen LogP contribution in [0.5, 0.6) is 0 Å². The number of carboxylic acid groups (broad SMARTS) is 1. The Labute approximate surface area is 69.5 Å². The smallest absolute Gasteiger partial charge is 0.311 e. The van der Waals surface area contributed by atoms with E-state index in [1.54, 1.807) is 0 Å². The summed E-state index contributed by atoms with van der Waals surface area (Å²) in [7, 11) is -2.84. The number of nitrogens with one attached hydrogen (secondary N) is 1. The van der Waals surface area contributed by atoms with Gasteiger partial charge in [-0.1, -0.05) is 4.57 Å². The van der Waals surface area contributed by atoms with Crippen LogP contribution in [0.1, 0.15) is 6.92 Å². The Bertz CT molecular complexity index is 200. The molecule has 1 N–H and O–H groups in total. The summed E-state index contributed by atoms with van der Waals surface area (Å²) in [5.74, 6) is -2.22. The van der Waals surface area contributed by atoms with Crippen LogP contribution >= 0.6 is 8.03 Å². The molecule has 0 aromatic heterocycles. The molecule has 12 heavy (non-hydrogen) atoms. The molecule has 0 aromatic carbocycles. The number of carboxylic acids is 1. The Kier molecular flexibility index (Phi) is 4.39. The average molecular weight is 192 g/mol. The molecule has 0 aliphatic heterocycles. The summed E-state index contributed by atoms with van der Waals surface area (Å²) in [5.41, 5.74) is 0. The van der Waals surface area contributed by atoms with Gasteiger partial charge in [0.25, 0.3) is 0 Å². The highest BCUT2D eigenvalue weighted by Crippen LogP contribution is 2.07. The molecule has 0 heterocycles. The van der Waals surface area contributed by atoms with E-state index in [4.69, 9.17) is 0 Å². The molecule has 0 rings (SSSR count). The monoisotopic (exact) mass is 192 g/mol. The van der Waals surface area contributed by atoms with E-state index in [2.05, 4.69) is 0 Å². The van der Waals surface area contributed by atoms with Crippen LogP contribution in [0.4, 0.5) is 0 Å². The second-order valence-corrected chi connectivity index (χ2v) is 3.12.